The maximum atomic E-state index is 14.2. The Morgan fingerprint density at radius 1 is 0.884 bits per heavy atom. The average molecular weight is 597 g/mol. The summed E-state index contributed by atoms with van der Waals surface area (Å²) in [5, 5.41) is 0. The van der Waals surface area contributed by atoms with Gasteiger partial charge in [0.1, 0.15) is 18.1 Å². The number of aromatic nitrogens is 1. The lowest BCUT2D eigenvalue weighted by Crippen LogP contribution is -2.44. The van der Waals surface area contributed by atoms with Gasteiger partial charge in [-0.15, -0.1) is 0 Å². The first-order valence-electron chi connectivity index (χ1n) is 15.1. The summed E-state index contributed by atoms with van der Waals surface area (Å²) in [5.74, 6) is 0.614. The Morgan fingerprint density at radius 2 is 1.60 bits per heavy atom. The number of fused-ring (bicyclic) bond motifs is 1. The molecule has 0 spiro atoms. The lowest BCUT2D eigenvalue weighted by molar-refractivity contribution is -0.137. The van der Waals surface area contributed by atoms with Gasteiger partial charge in [0.15, 0.2) is 0 Å². The molecule has 2 fully saturated rings. The lowest BCUT2D eigenvalue weighted by atomic mass is 9.98. The molecule has 228 valence electrons. The Morgan fingerprint density at radius 3 is 2.30 bits per heavy atom. The van der Waals surface area contributed by atoms with Crippen LogP contribution in [0.4, 0.5) is 23.4 Å². The fourth-order valence-corrected chi connectivity index (χ4v) is 6.54. The van der Waals surface area contributed by atoms with Gasteiger partial charge in [-0.1, -0.05) is 36.4 Å². The van der Waals surface area contributed by atoms with E-state index in [0.717, 1.165) is 49.4 Å². The van der Waals surface area contributed by atoms with Crippen molar-refractivity contribution in [1.82, 2.24) is 14.8 Å². The van der Waals surface area contributed by atoms with Crippen LogP contribution in [0.15, 0.2) is 54.6 Å². The van der Waals surface area contributed by atoms with Crippen LogP contribution in [0.1, 0.15) is 59.2 Å². The zero-order chi connectivity index (χ0) is 30.0. The summed E-state index contributed by atoms with van der Waals surface area (Å²) < 4.78 is 60.3. The molecule has 6 rings (SSSR count). The average Bonchev–Trinajstić information content (AvgIpc) is 3.56. The highest BCUT2D eigenvalue weighted by Gasteiger charge is 2.33. The van der Waals surface area contributed by atoms with Gasteiger partial charge in [-0.05, 0) is 80.1 Å². The van der Waals surface area contributed by atoms with E-state index >= 15 is 0 Å². The predicted octanol–water partition coefficient (Wildman–Crippen LogP) is 6.73. The number of amides is 1. The van der Waals surface area contributed by atoms with Crippen molar-refractivity contribution >= 4 is 11.7 Å². The van der Waals surface area contributed by atoms with Crippen LogP contribution in [0.25, 0.3) is 11.1 Å². The van der Waals surface area contributed by atoms with Crippen LogP contribution in [0.2, 0.25) is 0 Å². The summed E-state index contributed by atoms with van der Waals surface area (Å²) in [6.45, 7) is 3.51. The summed E-state index contributed by atoms with van der Waals surface area (Å²) in [7, 11) is 0. The number of likely N-dealkylation sites (tertiary alicyclic amines) is 1. The molecule has 43 heavy (non-hydrogen) atoms. The number of hydrogen-bond donors (Lipinski definition) is 0. The minimum Gasteiger partial charge on any atom is -0.477 e. The number of halogens is 4. The van der Waals surface area contributed by atoms with Crippen molar-refractivity contribution < 1.29 is 27.1 Å². The van der Waals surface area contributed by atoms with E-state index < -0.39 is 18.4 Å². The molecule has 2 aromatic carbocycles. The summed E-state index contributed by atoms with van der Waals surface area (Å²) >= 11 is 0. The molecule has 0 N–H and O–H groups in total. The van der Waals surface area contributed by atoms with Crippen LogP contribution in [0, 0.1) is 0 Å². The van der Waals surface area contributed by atoms with E-state index in [0.29, 0.717) is 30.2 Å². The largest absolute Gasteiger partial charge is 0.477 e. The number of carbonyl (C=O) groups excluding carboxylic acids is 1. The fourth-order valence-electron chi connectivity index (χ4n) is 6.54. The minimum atomic E-state index is -4.62. The van der Waals surface area contributed by atoms with Crippen molar-refractivity contribution in [1.29, 1.82) is 0 Å². The van der Waals surface area contributed by atoms with Crippen LogP contribution in [-0.2, 0) is 19.4 Å². The predicted molar refractivity (Wildman–Crippen MR) is 157 cm³/mol. The quantitative estimate of drug-likeness (QED) is 0.296. The molecular formula is C33H36F4N4O2. The van der Waals surface area contributed by atoms with Gasteiger partial charge >= 0.3 is 6.18 Å². The first kappa shape index (κ1) is 29.4. The Labute approximate surface area is 249 Å². The van der Waals surface area contributed by atoms with Gasteiger partial charge in [0.25, 0.3) is 5.91 Å². The van der Waals surface area contributed by atoms with Crippen LogP contribution in [-0.4, -0.2) is 66.1 Å². The highest BCUT2D eigenvalue weighted by molar-refractivity contribution is 6.03. The van der Waals surface area contributed by atoms with Gasteiger partial charge in [-0.2, -0.15) is 18.2 Å². The summed E-state index contributed by atoms with van der Waals surface area (Å²) in [4.78, 5) is 25.4. The minimum absolute atomic E-state index is 0.0714. The standard InChI is InChI=1S/C33H36F4N4O2/c34-21-23-17-24(19-26(18-23)33(35,36)37)22-41-13-6-16-43-31-30(32(41)42)28(25-7-2-1-3-8-25)20-29(38-31)40-14-9-27(10-15-40)39-11-4-5-12-39/h1-3,7-8,17-20,27H,4-6,9-16,21-22H2. The van der Waals surface area contributed by atoms with E-state index in [-0.39, 0.29) is 36.0 Å². The zero-order valence-corrected chi connectivity index (χ0v) is 24.1. The van der Waals surface area contributed by atoms with E-state index in [1.165, 1.54) is 36.9 Å². The second kappa shape index (κ2) is 12.5. The smallest absolute Gasteiger partial charge is 0.416 e. The Hall–Kier alpha value is -3.66. The first-order chi connectivity index (χ1) is 20.8. The van der Waals surface area contributed by atoms with Crippen molar-refractivity contribution in [2.45, 2.75) is 57.5 Å². The SMILES string of the molecule is O=C1c2c(-c3ccccc3)cc(N3CCC(N4CCCC4)CC3)nc2OCCCN1Cc1cc(CF)cc(C(F)(F)F)c1. The molecule has 1 aromatic heterocycles. The maximum Gasteiger partial charge on any atom is 0.416 e. The summed E-state index contributed by atoms with van der Waals surface area (Å²) in [5.41, 5.74) is 1.02. The van der Waals surface area contributed by atoms with Crippen LogP contribution in [0.5, 0.6) is 5.88 Å². The first-order valence-corrected chi connectivity index (χ1v) is 15.1. The van der Waals surface area contributed by atoms with Gasteiger partial charge in [0, 0.05) is 37.8 Å². The van der Waals surface area contributed by atoms with Gasteiger partial charge in [0.2, 0.25) is 5.88 Å². The zero-order valence-electron chi connectivity index (χ0n) is 24.1. The number of hydrogen-bond acceptors (Lipinski definition) is 5. The van der Waals surface area contributed by atoms with E-state index in [9.17, 15) is 22.4 Å². The van der Waals surface area contributed by atoms with Crippen molar-refractivity contribution in [3.05, 3.63) is 76.9 Å². The van der Waals surface area contributed by atoms with Crippen LogP contribution < -0.4 is 9.64 Å². The molecule has 3 aromatic rings. The molecule has 0 unspecified atom stereocenters. The molecule has 6 nitrogen and oxygen atoms in total. The van der Waals surface area contributed by atoms with Crippen LogP contribution in [0.3, 0.4) is 0 Å². The summed E-state index contributed by atoms with van der Waals surface area (Å²) in [6, 6.07) is 15.3. The third kappa shape index (κ3) is 6.49. The van der Waals surface area contributed by atoms with Gasteiger partial charge in [-0.3, -0.25) is 4.79 Å². The van der Waals surface area contributed by atoms with Gasteiger partial charge in [0.05, 0.1) is 12.2 Å². The monoisotopic (exact) mass is 596 g/mol. The van der Waals surface area contributed by atoms with E-state index in [1.54, 1.807) is 0 Å². The maximum absolute atomic E-state index is 14.2. The normalized spacial score (nSPS) is 18.7. The third-order valence-electron chi connectivity index (χ3n) is 8.72. The Bertz CT molecular complexity index is 1430. The molecule has 4 heterocycles. The molecule has 0 aliphatic carbocycles. The van der Waals surface area contributed by atoms with Gasteiger partial charge in [-0.25, -0.2) is 4.39 Å². The van der Waals surface area contributed by atoms with Crippen molar-refractivity contribution in [2.24, 2.45) is 0 Å². The number of anilines is 1. The number of pyridine rings is 1. The van der Waals surface area contributed by atoms with Crippen molar-refractivity contribution in [3.63, 3.8) is 0 Å². The Kier molecular flexibility index (Phi) is 8.56. The molecule has 0 saturated carbocycles. The molecule has 3 aliphatic heterocycles. The lowest BCUT2D eigenvalue weighted by Gasteiger charge is -2.37. The molecule has 1 amide bonds. The third-order valence-corrected chi connectivity index (χ3v) is 8.72. The number of carbonyl (C=O) groups is 1. The number of piperidine rings is 1. The van der Waals surface area contributed by atoms with Crippen molar-refractivity contribution in [3.8, 4) is 17.0 Å². The number of benzene rings is 2. The molecular weight excluding hydrogens is 560 g/mol. The molecule has 0 bridgehead atoms. The molecule has 2 saturated heterocycles. The van der Waals surface area contributed by atoms with Gasteiger partial charge < -0.3 is 19.4 Å². The molecule has 0 radical (unpaired) electrons. The topological polar surface area (TPSA) is 48.9 Å². The van der Waals surface area contributed by atoms with E-state index in [1.807, 2.05) is 36.4 Å². The highest BCUT2D eigenvalue weighted by atomic mass is 19.4. The van der Waals surface area contributed by atoms with Crippen molar-refractivity contribution in [2.75, 3.05) is 44.2 Å². The van der Waals surface area contributed by atoms with Crippen LogP contribution >= 0.6 is 0 Å². The fraction of sp³-hybridized carbons (Fsp3) is 0.455. The molecule has 10 heteroatoms. The molecule has 3 aliphatic rings. The van der Waals surface area contributed by atoms with E-state index in [4.69, 9.17) is 9.72 Å². The number of ether oxygens (including phenoxy) is 1. The number of rotatable bonds is 6. The number of nitrogens with zero attached hydrogens (tertiary/aromatic N) is 4. The number of alkyl halides is 4. The second-order valence-corrected chi connectivity index (χ2v) is 11.6. The highest BCUT2D eigenvalue weighted by Crippen LogP contribution is 2.37. The molecule has 0 atom stereocenters. The second-order valence-electron chi connectivity index (χ2n) is 11.6. The summed E-state index contributed by atoms with van der Waals surface area (Å²) in [6.07, 6.45) is 0.481. The van der Waals surface area contributed by atoms with E-state index in [2.05, 4.69) is 9.80 Å². The Balaban J connectivity index is 1.34.